The smallest absolute Gasteiger partial charge is 0.351 e. The van der Waals surface area contributed by atoms with Gasteiger partial charge in [0.15, 0.2) is 5.17 Å². The minimum absolute atomic E-state index is 0.0332. The zero-order valence-corrected chi connectivity index (χ0v) is 19.6. The van der Waals surface area contributed by atoms with Crippen molar-refractivity contribution in [3.8, 4) is 0 Å². The number of thioether (sulfide) groups is 1. The number of amidine groups is 1. The molecule has 0 saturated carbocycles. The molecule has 176 valence electrons. The number of alkyl halides is 3. The normalized spacial score (nSPS) is 18.2. The van der Waals surface area contributed by atoms with Crippen molar-refractivity contribution in [2.24, 2.45) is 4.99 Å². The molecule has 10 heteroatoms. The summed E-state index contributed by atoms with van der Waals surface area (Å²) in [7, 11) is 0. The number of fused-ring (bicyclic) bond motifs is 1. The van der Waals surface area contributed by atoms with E-state index < -0.39 is 11.7 Å². The van der Waals surface area contributed by atoms with Crippen molar-refractivity contribution in [1.82, 2.24) is 14.7 Å². The Morgan fingerprint density at radius 1 is 1.09 bits per heavy atom. The van der Waals surface area contributed by atoms with E-state index in [1.807, 2.05) is 12.1 Å². The standard InChI is InChI=1S/C24H20ClF3N4OS/c25-18-6-5-16(19(12-18)24(26,27)28)14-32-20-7-4-15(10-17(20)13-29-32)11-21-22(33)30-23(34-21)31-8-2-1-3-9-31/h4-7,10-13H,1-3,8-9,14H2. The van der Waals surface area contributed by atoms with E-state index >= 15 is 0 Å². The molecule has 2 aromatic carbocycles. The lowest BCUT2D eigenvalue weighted by molar-refractivity contribution is -0.138. The Morgan fingerprint density at radius 3 is 2.65 bits per heavy atom. The molecular formula is C24H20ClF3N4OS. The molecule has 1 amide bonds. The van der Waals surface area contributed by atoms with Crippen molar-refractivity contribution in [3.63, 3.8) is 0 Å². The summed E-state index contributed by atoms with van der Waals surface area (Å²) in [5.41, 5.74) is 0.816. The second-order valence-electron chi connectivity index (χ2n) is 8.28. The van der Waals surface area contributed by atoms with Crippen LogP contribution in [0.25, 0.3) is 17.0 Å². The number of likely N-dealkylation sites (tertiary alicyclic amines) is 1. The van der Waals surface area contributed by atoms with E-state index in [4.69, 9.17) is 11.6 Å². The molecule has 2 aliphatic heterocycles. The summed E-state index contributed by atoms with van der Waals surface area (Å²) < 4.78 is 41.9. The summed E-state index contributed by atoms with van der Waals surface area (Å²) in [6.45, 7) is 1.79. The molecule has 1 aromatic heterocycles. The molecule has 0 bridgehead atoms. The summed E-state index contributed by atoms with van der Waals surface area (Å²) >= 11 is 7.17. The molecule has 1 fully saturated rings. The molecular weight excluding hydrogens is 485 g/mol. The summed E-state index contributed by atoms with van der Waals surface area (Å²) in [6.07, 6.45) is 2.31. The van der Waals surface area contributed by atoms with Gasteiger partial charge in [-0.2, -0.15) is 23.3 Å². The van der Waals surface area contributed by atoms with Gasteiger partial charge in [-0.25, -0.2) is 0 Å². The Balaban J connectivity index is 1.37. The number of hydrogen-bond donors (Lipinski definition) is 0. The first-order chi connectivity index (χ1) is 16.3. The van der Waals surface area contributed by atoms with E-state index in [1.165, 1.54) is 35.0 Å². The zero-order chi connectivity index (χ0) is 23.9. The lowest BCUT2D eigenvalue weighted by atomic mass is 10.1. The van der Waals surface area contributed by atoms with Crippen LogP contribution in [0.2, 0.25) is 5.02 Å². The second kappa shape index (κ2) is 9.11. The maximum Gasteiger partial charge on any atom is 0.416 e. The van der Waals surface area contributed by atoms with Crippen LogP contribution in [-0.4, -0.2) is 38.8 Å². The van der Waals surface area contributed by atoms with Gasteiger partial charge in [-0.15, -0.1) is 0 Å². The predicted octanol–water partition coefficient (Wildman–Crippen LogP) is 6.21. The molecule has 0 atom stereocenters. The van der Waals surface area contributed by atoms with Crippen molar-refractivity contribution in [3.05, 3.63) is 69.2 Å². The van der Waals surface area contributed by atoms with Crippen molar-refractivity contribution >= 4 is 51.4 Å². The monoisotopic (exact) mass is 504 g/mol. The van der Waals surface area contributed by atoms with Gasteiger partial charge in [-0.3, -0.25) is 9.48 Å². The number of rotatable bonds is 3. The van der Waals surface area contributed by atoms with Crippen LogP contribution in [-0.2, 0) is 17.5 Å². The third kappa shape index (κ3) is 4.72. The molecule has 0 unspecified atom stereocenters. The van der Waals surface area contributed by atoms with E-state index in [1.54, 1.807) is 18.3 Å². The van der Waals surface area contributed by atoms with Crippen LogP contribution in [0.5, 0.6) is 0 Å². The first-order valence-corrected chi connectivity index (χ1v) is 12.1. The van der Waals surface area contributed by atoms with Crippen LogP contribution in [0.3, 0.4) is 0 Å². The highest BCUT2D eigenvalue weighted by atomic mass is 35.5. The fourth-order valence-corrected chi connectivity index (χ4v) is 5.34. The average molecular weight is 505 g/mol. The third-order valence-corrected chi connectivity index (χ3v) is 7.18. The van der Waals surface area contributed by atoms with Gasteiger partial charge >= 0.3 is 6.18 Å². The fourth-order valence-electron chi connectivity index (χ4n) is 4.20. The number of amides is 1. The van der Waals surface area contributed by atoms with Gasteiger partial charge in [0, 0.05) is 23.5 Å². The highest BCUT2D eigenvalue weighted by Gasteiger charge is 2.33. The molecule has 5 nitrogen and oxygen atoms in total. The summed E-state index contributed by atoms with van der Waals surface area (Å²) in [4.78, 5) is 19.4. The molecule has 34 heavy (non-hydrogen) atoms. The van der Waals surface area contributed by atoms with Gasteiger partial charge in [-0.05, 0) is 72.5 Å². The number of nitrogens with zero attached hydrogens (tertiary/aromatic N) is 4. The Hall–Kier alpha value is -2.78. The number of aromatic nitrogens is 2. The van der Waals surface area contributed by atoms with Crippen LogP contribution in [0, 0.1) is 0 Å². The zero-order valence-electron chi connectivity index (χ0n) is 18.0. The molecule has 0 N–H and O–H groups in total. The lowest BCUT2D eigenvalue weighted by Gasteiger charge is -2.27. The van der Waals surface area contributed by atoms with E-state index in [2.05, 4.69) is 15.0 Å². The second-order valence-corrected chi connectivity index (χ2v) is 9.72. The molecule has 3 heterocycles. The van der Waals surface area contributed by atoms with Gasteiger partial charge in [0.05, 0.1) is 28.7 Å². The summed E-state index contributed by atoms with van der Waals surface area (Å²) in [6, 6.07) is 9.24. The van der Waals surface area contributed by atoms with Crippen LogP contribution in [0.4, 0.5) is 13.2 Å². The van der Waals surface area contributed by atoms with Crippen molar-refractivity contribution < 1.29 is 18.0 Å². The first kappa shape index (κ1) is 23.0. The van der Waals surface area contributed by atoms with Gasteiger partial charge in [0.25, 0.3) is 5.91 Å². The number of aliphatic imine (C=N–C) groups is 1. The summed E-state index contributed by atoms with van der Waals surface area (Å²) in [5, 5.41) is 5.85. The van der Waals surface area contributed by atoms with Gasteiger partial charge < -0.3 is 4.90 Å². The SMILES string of the molecule is O=C1N=C(N2CCCCC2)SC1=Cc1ccc2c(cnn2Cc2ccc(Cl)cc2C(F)(F)F)c1. The van der Waals surface area contributed by atoms with Crippen molar-refractivity contribution in [2.75, 3.05) is 13.1 Å². The summed E-state index contributed by atoms with van der Waals surface area (Å²) in [5.74, 6) is -0.246. The quantitative estimate of drug-likeness (QED) is 0.398. The molecule has 3 aromatic rings. The van der Waals surface area contributed by atoms with E-state index in [0.717, 1.165) is 48.1 Å². The maximum atomic E-state index is 13.5. The molecule has 0 spiro atoms. The third-order valence-electron chi connectivity index (χ3n) is 5.90. The molecule has 0 radical (unpaired) electrons. The van der Waals surface area contributed by atoms with Crippen LogP contribution < -0.4 is 0 Å². The number of hydrogen-bond acceptors (Lipinski definition) is 4. The molecule has 1 saturated heterocycles. The van der Waals surface area contributed by atoms with Crippen LogP contribution in [0.1, 0.15) is 36.0 Å². The van der Waals surface area contributed by atoms with E-state index in [9.17, 15) is 18.0 Å². The van der Waals surface area contributed by atoms with Gasteiger partial charge in [0.1, 0.15) is 0 Å². The number of benzene rings is 2. The highest BCUT2D eigenvalue weighted by Crippen LogP contribution is 2.35. The van der Waals surface area contributed by atoms with Crippen LogP contribution >= 0.6 is 23.4 Å². The Kier molecular flexibility index (Phi) is 6.16. The lowest BCUT2D eigenvalue weighted by Crippen LogP contribution is -2.33. The molecule has 0 aliphatic carbocycles. The van der Waals surface area contributed by atoms with E-state index in [-0.39, 0.29) is 23.0 Å². The Morgan fingerprint density at radius 2 is 1.88 bits per heavy atom. The number of carbonyl (C=O) groups excluding carboxylic acids is 1. The van der Waals surface area contributed by atoms with E-state index in [0.29, 0.717) is 10.4 Å². The van der Waals surface area contributed by atoms with Crippen molar-refractivity contribution in [2.45, 2.75) is 32.0 Å². The first-order valence-electron chi connectivity index (χ1n) is 10.9. The molecule has 5 rings (SSSR count). The molecule has 2 aliphatic rings. The Labute approximate surface area is 203 Å². The van der Waals surface area contributed by atoms with Gasteiger partial charge in [-0.1, -0.05) is 23.7 Å². The van der Waals surface area contributed by atoms with Crippen molar-refractivity contribution in [1.29, 1.82) is 0 Å². The minimum Gasteiger partial charge on any atom is -0.351 e. The van der Waals surface area contributed by atoms with Crippen LogP contribution in [0.15, 0.2) is 52.5 Å². The topological polar surface area (TPSA) is 50.5 Å². The number of halogens is 4. The predicted molar refractivity (Wildman–Crippen MR) is 129 cm³/mol. The van der Waals surface area contributed by atoms with Gasteiger partial charge in [0.2, 0.25) is 0 Å². The highest BCUT2D eigenvalue weighted by molar-refractivity contribution is 8.18. The fraction of sp³-hybridized carbons (Fsp3) is 0.292. The Bertz CT molecular complexity index is 1330. The number of carbonyl (C=O) groups is 1. The maximum absolute atomic E-state index is 13.5. The largest absolute Gasteiger partial charge is 0.416 e. The number of piperidine rings is 1. The average Bonchev–Trinajstić information content (AvgIpc) is 3.38. The minimum atomic E-state index is -4.51.